The second-order valence-electron chi connectivity index (χ2n) is 19.1. The monoisotopic (exact) mass is 1020 g/mol. The van der Waals surface area contributed by atoms with E-state index in [4.69, 9.17) is 14.5 Å². The predicted octanol–water partition coefficient (Wildman–Crippen LogP) is 2.37. The van der Waals surface area contributed by atoms with Crippen molar-refractivity contribution in [1.29, 1.82) is 0 Å². The second-order valence-corrected chi connectivity index (χ2v) is 19.1. The molecule has 0 fully saturated rings. The molecule has 7 amide bonds. The maximum atomic E-state index is 15.4. The zero-order valence-corrected chi connectivity index (χ0v) is 42.4. The van der Waals surface area contributed by atoms with Crippen molar-refractivity contribution < 1.29 is 52.2 Å². The number of aromatic nitrogens is 2. The first-order valence-electron chi connectivity index (χ1n) is 25.1. The van der Waals surface area contributed by atoms with Crippen LogP contribution in [0.1, 0.15) is 110 Å². The molecule has 2 aliphatic heterocycles. The fourth-order valence-electron chi connectivity index (χ4n) is 9.65. The lowest BCUT2D eigenvalue weighted by molar-refractivity contribution is -0.148. The van der Waals surface area contributed by atoms with Crippen molar-refractivity contribution in [3.05, 3.63) is 97.6 Å². The normalized spacial score (nSPS) is 15.5. The molecule has 2 aromatic carbocycles. The molecule has 74 heavy (non-hydrogen) atoms. The number of cyclic esters (lactones) is 1. The summed E-state index contributed by atoms with van der Waals surface area (Å²) in [6.07, 6.45) is 3.59. The number of ether oxygens (including phenoxy) is 2. The van der Waals surface area contributed by atoms with Crippen LogP contribution in [0.5, 0.6) is 0 Å². The number of rotatable bonds is 23. The largest absolute Gasteiger partial charge is 0.460 e. The molecule has 0 saturated carbocycles. The van der Waals surface area contributed by atoms with E-state index < -0.39 is 79.0 Å². The number of fused-ring (bicyclic) bond motifs is 5. The highest BCUT2D eigenvalue weighted by atomic mass is 19.1. The maximum Gasteiger partial charge on any atom is 0.313 e. The Morgan fingerprint density at radius 2 is 1.58 bits per heavy atom. The third-order valence-corrected chi connectivity index (χ3v) is 13.8. The number of nitrogens with zero attached hydrogens (tertiary/aromatic N) is 3. The molecule has 3 atom stereocenters. The van der Waals surface area contributed by atoms with Crippen molar-refractivity contribution >= 4 is 58.2 Å². The molecule has 394 valence electrons. The summed E-state index contributed by atoms with van der Waals surface area (Å²) in [7, 11) is 1.63. The molecule has 2 aromatic heterocycles. The highest BCUT2D eigenvalue weighted by Gasteiger charge is 2.39. The van der Waals surface area contributed by atoms with E-state index in [0.29, 0.717) is 84.2 Å². The van der Waals surface area contributed by atoms with Gasteiger partial charge in [-0.05, 0) is 72.9 Å². The number of hydrogen-bond donors (Lipinski definition) is 6. The van der Waals surface area contributed by atoms with Crippen LogP contribution in [0, 0.1) is 18.7 Å². The smallest absolute Gasteiger partial charge is 0.313 e. The molecule has 4 aromatic rings. The Morgan fingerprint density at radius 1 is 0.865 bits per heavy atom. The molecule has 7 rings (SSSR count). The van der Waals surface area contributed by atoms with E-state index in [1.807, 2.05) is 26.8 Å². The fourth-order valence-corrected chi connectivity index (χ4v) is 9.65. The number of likely N-dealkylation sites (N-methyl/N-ethyl adjacent to an activating group) is 1. The number of carbonyl (C=O) groups is 8. The van der Waals surface area contributed by atoms with Crippen LogP contribution in [0.25, 0.3) is 22.3 Å². The van der Waals surface area contributed by atoms with Gasteiger partial charge in [0.15, 0.2) is 0 Å². The lowest BCUT2D eigenvalue weighted by atomic mass is 9.81. The van der Waals surface area contributed by atoms with Gasteiger partial charge in [-0.2, -0.15) is 0 Å². The molecule has 1 unspecified atom stereocenters. The van der Waals surface area contributed by atoms with Gasteiger partial charge in [0, 0.05) is 49.4 Å². The predicted molar refractivity (Wildman–Crippen MR) is 268 cm³/mol. The first kappa shape index (κ1) is 54.2. The van der Waals surface area contributed by atoms with Gasteiger partial charge >= 0.3 is 5.97 Å². The van der Waals surface area contributed by atoms with Gasteiger partial charge in [0.2, 0.25) is 41.4 Å². The van der Waals surface area contributed by atoms with Crippen molar-refractivity contribution in [2.75, 3.05) is 46.6 Å². The fraction of sp³-hybridized carbons (Fsp3) is 0.472. The lowest BCUT2D eigenvalue weighted by Crippen LogP contribution is -2.52. The molecule has 1 aliphatic carbocycles. The van der Waals surface area contributed by atoms with Gasteiger partial charge in [-0.3, -0.25) is 43.2 Å². The molecular weight excluding hydrogens is 958 g/mol. The zero-order valence-electron chi connectivity index (χ0n) is 42.4. The number of hydrogen-bond acceptors (Lipinski definition) is 12. The number of esters is 1. The van der Waals surface area contributed by atoms with Crippen molar-refractivity contribution in [2.24, 2.45) is 5.92 Å². The summed E-state index contributed by atoms with van der Waals surface area (Å²) in [5.74, 6) is -4.94. The number of halogens is 1. The van der Waals surface area contributed by atoms with Gasteiger partial charge in [-0.15, -0.1) is 0 Å². The third kappa shape index (κ3) is 12.6. The van der Waals surface area contributed by atoms with Gasteiger partial charge in [0.1, 0.15) is 31.8 Å². The second kappa shape index (κ2) is 24.4. The van der Waals surface area contributed by atoms with Crippen molar-refractivity contribution in [2.45, 2.75) is 110 Å². The van der Waals surface area contributed by atoms with Crippen LogP contribution in [0.15, 0.2) is 47.3 Å². The molecule has 3 aliphatic rings. The number of benzene rings is 2. The standard InChI is InChI=1S/C53H64FN9O11/c1-6-32-34-20-41-49-35(25-63(41)52(71)36(34)26-74-53(32)72)48-40(17-16-33-30(4)37(54)21-38(61-49)47(33)48)62(5)46(68)27-73-28-59-44(66)23-58-51(70)39(19-31-13-9-7-10-14-31)60-45(67)24-57-43(65)22-56-42(64)15-11-8-12-18-55-50(69)29(2)3/h7,9-10,13-14,20-21,29,32,39-40H,6,8,11-12,15-19,22-28H2,1-5H3,(H,55,69)(H,56,64)(H,57,65)(H,58,70)(H,59,66)(H,60,67)/t32?,39-,40-/m0/s1. The minimum atomic E-state index is -1.14. The van der Waals surface area contributed by atoms with E-state index in [-0.39, 0.29) is 62.6 Å². The van der Waals surface area contributed by atoms with Crippen molar-refractivity contribution in [3.63, 3.8) is 0 Å². The summed E-state index contributed by atoms with van der Waals surface area (Å²) >= 11 is 0. The Morgan fingerprint density at radius 3 is 2.32 bits per heavy atom. The minimum absolute atomic E-state index is 0.0301. The van der Waals surface area contributed by atoms with Crippen LogP contribution in [-0.2, 0) is 73.8 Å². The van der Waals surface area contributed by atoms with E-state index in [1.165, 1.54) is 6.07 Å². The number of unbranched alkanes of at least 4 members (excludes halogenated alkanes) is 2. The Kier molecular flexibility index (Phi) is 17.9. The Bertz CT molecular complexity index is 2910. The number of amides is 7. The molecule has 0 bridgehead atoms. The Hall–Kier alpha value is -7.55. The molecule has 6 N–H and O–H groups in total. The number of aryl methyl sites for hydroxylation is 1. The minimum Gasteiger partial charge on any atom is -0.460 e. The van der Waals surface area contributed by atoms with E-state index in [9.17, 15) is 43.2 Å². The highest BCUT2D eigenvalue weighted by molar-refractivity contribution is 5.95. The van der Waals surface area contributed by atoms with Gasteiger partial charge in [-0.25, -0.2) is 9.37 Å². The summed E-state index contributed by atoms with van der Waals surface area (Å²) in [6, 6.07) is 10.4. The van der Waals surface area contributed by atoms with Crippen LogP contribution in [0.4, 0.5) is 4.39 Å². The molecule has 0 radical (unpaired) electrons. The molecule has 20 nitrogen and oxygen atoms in total. The van der Waals surface area contributed by atoms with Gasteiger partial charge < -0.3 is 50.8 Å². The summed E-state index contributed by atoms with van der Waals surface area (Å²) in [4.78, 5) is 122. The molecular formula is C53H64FN9O11. The van der Waals surface area contributed by atoms with Crippen molar-refractivity contribution in [3.8, 4) is 11.4 Å². The Labute approximate surface area is 427 Å². The average molecular weight is 1020 g/mol. The van der Waals surface area contributed by atoms with E-state index in [2.05, 4.69) is 31.9 Å². The van der Waals surface area contributed by atoms with Crippen LogP contribution in [0.3, 0.4) is 0 Å². The van der Waals surface area contributed by atoms with Crippen LogP contribution in [-0.4, -0.2) is 114 Å². The van der Waals surface area contributed by atoms with Crippen LogP contribution in [0.2, 0.25) is 0 Å². The highest BCUT2D eigenvalue weighted by Crippen LogP contribution is 2.47. The van der Waals surface area contributed by atoms with Gasteiger partial charge in [0.25, 0.3) is 5.56 Å². The summed E-state index contributed by atoms with van der Waals surface area (Å²) < 4.78 is 28.0. The van der Waals surface area contributed by atoms with Crippen molar-refractivity contribution in [1.82, 2.24) is 46.4 Å². The number of carbonyl (C=O) groups excluding carboxylic acids is 8. The van der Waals surface area contributed by atoms with E-state index in [0.717, 1.165) is 22.1 Å². The molecule has 0 saturated heterocycles. The molecule has 0 spiro atoms. The third-order valence-electron chi connectivity index (χ3n) is 13.8. The van der Waals surface area contributed by atoms with E-state index >= 15 is 4.39 Å². The average Bonchev–Trinajstić information content (AvgIpc) is 3.76. The van der Waals surface area contributed by atoms with Gasteiger partial charge in [0.05, 0.1) is 60.6 Å². The first-order valence-corrected chi connectivity index (χ1v) is 25.1. The Balaban J connectivity index is 0.895. The van der Waals surface area contributed by atoms with Crippen LogP contribution < -0.4 is 37.5 Å². The summed E-state index contributed by atoms with van der Waals surface area (Å²) in [6.45, 7) is 5.56. The molecule has 21 heteroatoms. The maximum absolute atomic E-state index is 15.4. The van der Waals surface area contributed by atoms with Gasteiger partial charge in [-0.1, -0.05) is 57.5 Å². The lowest BCUT2D eigenvalue weighted by Gasteiger charge is -2.35. The number of nitrogens with one attached hydrogen (secondary N) is 6. The van der Waals surface area contributed by atoms with Crippen LogP contribution >= 0.6 is 0 Å². The molecule has 4 heterocycles. The number of pyridine rings is 2. The quantitative estimate of drug-likeness (QED) is 0.0313. The SMILES string of the molecule is CCC1C(=O)OCc2c1cc1n(c2=O)Cc2c-1nc1cc(F)c(C)c3c1c2[C@@H](N(C)C(=O)COCNC(=O)CNC(=O)[C@H](Cc1ccccc1)NC(=O)CNC(=O)CNC(=O)CCCCCNC(=O)C(C)C)CC3. The summed E-state index contributed by atoms with van der Waals surface area (Å²) in [5, 5.41) is 16.1. The van der Waals surface area contributed by atoms with E-state index in [1.54, 1.807) is 53.8 Å². The zero-order chi connectivity index (χ0) is 53.2. The summed E-state index contributed by atoms with van der Waals surface area (Å²) in [5.41, 5.74) is 5.55. The topological polar surface area (TPSA) is 265 Å². The first-order chi connectivity index (χ1) is 35.5.